The number of rotatable bonds is 5. The Morgan fingerprint density at radius 3 is 2.72 bits per heavy atom. The van der Waals surface area contributed by atoms with Gasteiger partial charge in [-0.15, -0.1) is 0 Å². The summed E-state index contributed by atoms with van der Waals surface area (Å²) in [6.45, 7) is 0.445. The molecule has 9 nitrogen and oxygen atoms in total. The van der Waals surface area contributed by atoms with Gasteiger partial charge in [-0.1, -0.05) is 0 Å². The smallest absolute Gasteiger partial charge is 0.341 e. The maximum Gasteiger partial charge on any atom is 0.341 e. The predicted molar refractivity (Wildman–Crippen MR) is 142 cm³/mol. The SMILES string of the molecule is CNc1cc(F)c(F)c2c1Cc1ncc(-c3cnc4c(c3)c(=O)c(C(=O)O)cn4C)c(N3CCC[C@H]3CO)c1-2. The van der Waals surface area contributed by atoms with Crippen molar-refractivity contribution < 1.29 is 23.8 Å². The number of hydrogen-bond acceptors (Lipinski definition) is 7. The number of benzene rings is 1. The predicted octanol–water partition coefficient (Wildman–Crippen LogP) is 3.55. The van der Waals surface area contributed by atoms with Crippen LogP contribution in [0.4, 0.5) is 20.2 Å². The highest BCUT2D eigenvalue weighted by atomic mass is 19.2. The summed E-state index contributed by atoms with van der Waals surface area (Å²) in [5.41, 5.74) is 3.01. The second kappa shape index (κ2) is 9.12. The number of pyridine rings is 3. The van der Waals surface area contributed by atoms with Gasteiger partial charge in [0.15, 0.2) is 11.6 Å². The molecule has 1 saturated heterocycles. The van der Waals surface area contributed by atoms with Crippen LogP contribution >= 0.6 is 0 Å². The Kier molecular flexibility index (Phi) is 5.83. The lowest BCUT2D eigenvalue weighted by molar-refractivity contribution is 0.0695. The van der Waals surface area contributed by atoms with Crippen molar-refractivity contribution in [1.29, 1.82) is 0 Å². The first-order valence-corrected chi connectivity index (χ1v) is 12.6. The fraction of sp³-hybridized carbons (Fsp3) is 0.286. The number of fused-ring (bicyclic) bond motifs is 4. The Hall–Kier alpha value is -4.38. The number of aromatic carboxylic acids is 1. The second-order valence-electron chi connectivity index (χ2n) is 9.90. The van der Waals surface area contributed by atoms with Crippen LogP contribution in [-0.2, 0) is 13.5 Å². The van der Waals surface area contributed by atoms with E-state index >= 15 is 4.39 Å². The van der Waals surface area contributed by atoms with Gasteiger partial charge in [0.1, 0.15) is 11.2 Å². The van der Waals surface area contributed by atoms with Crippen LogP contribution in [0.15, 0.2) is 35.5 Å². The van der Waals surface area contributed by atoms with Crippen molar-refractivity contribution in [3.05, 3.63) is 69.4 Å². The number of carboxylic acid groups (broad SMARTS) is 1. The summed E-state index contributed by atoms with van der Waals surface area (Å²) in [5, 5.41) is 22.7. The third-order valence-corrected chi connectivity index (χ3v) is 7.75. The molecule has 0 saturated carbocycles. The first-order chi connectivity index (χ1) is 18.7. The highest BCUT2D eigenvalue weighted by molar-refractivity contribution is 5.98. The van der Waals surface area contributed by atoms with Crippen molar-refractivity contribution in [2.45, 2.75) is 25.3 Å². The Balaban J connectivity index is 1.68. The molecule has 1 aromatic carbocycles. The second-order valence-corrected chi connectivity index (χ2v) is 9.90. The first-order valence-electron chi connectivity index (χ1n) is 12.6. The summed E-state index contributed by atoms with van der Waals surface area (Å²) in [6, 6.07) is 2.44. The number of hydrogen-bond donors (Lipinski definition) is 3. The van der Waals surface area contributed by atoms with Crippen molar-refractivity contribution in [3.63, 3.8) is 0 Å². The van der Waals surface area contributed by atoms with Gasteiger partial charge in [-0.25, -0.2) is 18.6 Å². The average molecular weight is 534 g/mol. The van der Waals surface area contributed by atoms with Gasteiger partial charge in [0.25, 0.3) is 0 Å². The van der Waals surface area contributed by atoms with E-state index in [0.717, 1.165) is 12.5 Å². The van der Waals surface area contributed by atoms with Crippen molar-refractivity contribution in [1.82, 2.24) is 14.5 Å². The summed E-state index contributed by atoms with van der Waals surface area (Å²) in [5.74, 6) is -3.31. The third kappa shape index (κ3) is 3.68. The minimum atomic E-state index is -1.35. The van der Waals surface area contributed by atoms with Crippen LogP contribution in [0, 0.1) is 11.6 Å². The number of carboxylic acids is 1. The zero-order chi connectivity index (χ0) is 27.6. The molecule has 1 fully saturated rings. The maximum atomic E-state index is 15.5. The Bertz CT molecular complexity index is 1750. The number of aryl methyl sites for hydroxylation is 1. The molecule has 1 aliphatic heterocycles. The molecule has 0 bridgehead atoms. The van der Waals surface area contributed by atoms with Crippen LogP contribution in [0.1, 0.15) is 34.5 Å². The van der Waals surface area contributed by atoms with Gasteiger partial charge in [-0.2, -0.15) is 0 Å². The fourth-order valence-electron chi connectivity index (χ4n) is 5.93. The Labute approximate surface area is 221 Å². The normalized spacial score (nSPS) is 16.0. The van der Waals surface area contributed by atoms with Crippen molar-refractivity contribution in [2.24, 2.45) is 7.05 Å². The van der Waals surface area contributed by atoms with E-state index < -0.39 is 23.0 Å². The standard InChI is InChI=1S/C28H25F2N5O4/c1-31-20-8-19(29)24(30)22-15(20)7-21-23(22)25(35-5-3-4-14(35)12-36)17(10-32-21)13-6-16-26(37)18(28(38)39)11-34(2)27(16)33-9-13/h6,8-11,14,31,36H,3-5,7,12H2,1-2H3,(H,38,39)/t14-/m0/s1. The lowest BCUT2D eigenvalue weighted by atomic mass is 9.96. The van der Waals surface area contributed by atoms with E-state index in [-0.39, 0.29) is 29.2 Å². The lowest BCUT2D eigenvalue weighted by Gasteiger charge is -2.30. The van der Waals surface area contributed by atoms with Gasteiger partial charge in [-0.3, -0.25) is 9.78 Å². The molecule has 4 heterocycles. The molecule has 0 spiro atoms. The molecular formula is C28H25F2N5O4. The number of aromatic nitrogens is 3. The Morgan fingerprint density at radius 2 is 2.00 bits per heavy atom. The molecular weight excluding hydrogens is 508 g/mol. The van der Waals surface area contributed by atoms with E-state index in [1.54, 1.807) is 32.6 Å². The van der Waals surface area contributed by atoms with Crippen molar-refractivity contribution >= 4 is 28.4 Å². The zero-order valence-corrected chi connectivity index (χ0v) is 21.3. The fourth-order valence-corrected chi connectivity index (χ4v) is 5.93. The molecule has 11 heteroatoms. The molecule has 39 heavy (non-hydrogen) atoms. The van der Waals surface area contributed by atoms with Gasteiger partial charge in [0.05, 0.1) is 29.4 Å². The van der Waals surface area contributed by atoms with Gasteiger partial charge >= 0.3 is 5.97 Å². The summed E-state index contributed by atoms with van der Waals surface area (Å²) in [6.07, 6.45) is 6.20. The molecule has 0 amide bonds. The number of aliphatic hydroxyl groups is 1. The van der Waals surface area contributed by atoms with E-state index in [2.05, 4.69) is 15.3 Å². The van der Waals surface area contributed by atoms with Crippen LogP contribution in [0.3, 0.4) is 0 Å². The molecule has 1 aliphatic carbocycles. The topological polar surface area (TPSA) is 121 Å². The quantitative estimate of drug-likeness (QED) is 0.314. The van der Waals surface area contributed by atoms with Crippen LogP contribution in [0.2, 0.25) is 0 Å². The number of nitrogens with zero attached hydrogens (tertiary/aromatic N) is 4. The number of halogens is 2. The van der Waals surface area contributed by atoms with Crippen molar-refractivity contribution in [2.75, 3.05) is 30.4 Å². The minimum Gasteiger partial charge on any atom is -0.477 e. The minimum absolute atomic E-state index is 0.108. The molecule has 3 N–H and O–H groups in total. The van der Waals surface area contributed by atoms with E-state index in [1.807, 2.05) is 4.90 Å². The van der Waals surface area contributed by atoms with Crippen LogP contribution in [0.5, 0.6) is 0 Å². The molecule has 0 unspecified atom stereocenters. The molecule has 6 rings (SSSR count). The van der Waals surface area contributed by atoms with Crippen LogP contribution in [-0.4, -0.2) is 57.0 Å². The monoisotopic (exact) mass is 533 g/mol. The molecule has 3 aromatic heterocycles. The van der Waals surface area contributed by atoms with Crippen LogP contribution in [0.25, 0.3) is 33.3 Å². The van der Waals surface area contributed by atoms with Crippen LogP contribution < -0.4 is 15.6 Å². The first kappa shape index (κ1) is 24.9. The highest BCUT2D eigenvalue weighted by Crippen LogP contribution is 2.51. The van der Waals surface area contributed by atoms with Gasteiger partial charge in [0.2, 0.25) is 5.43 Å². The maximum absolute atomic E-state index is 15.5. The van der Waals surface area contributed by atoms with E-state index in [1.165, 1.54) is 10.8 Å². The lowest BCUT2D eigenvalue weighted by Crippen LogP contribution is -2.33. The largest absolute Gasteiger partial charge is 0.477 e. The van der Waals surface area contributed by atoms with E-state index in [0.29, 0.717) is 64.4 Å². The Morgan fingerprint density at radius 1 is 1.21 bits per heavy atom. The zero-order valence-electron chi connectivity index (χ0n) is 21.3. The summed E-state index contributed by atoms with van der Waals surface area (Å²) < 4.78 is 31.7. The molecule has 4 aromatic rings. The molecule has 2 aliphatic rings. The molecule has 1 atom stereocenters. The number of anilines is 2. The number of nitrogens with one attached hydrogen (secondary N) is 1. The number of carbonyl (C=O) groups is 1. The van der Waals surface area contributed by atoms with E-state index in [9.17, 15) is 24.2 Å². The van der Waals surface area contributed by atoms with E-state index in [4.69, 9.17) is 0 Å². The van der Waals surface area contributed by atoms with Crippen molar-refractivity contribution in [3.8, 4) is 22.3 Å². The third-order valence-electron chi connectivity index (χ3n) is 7.75. The summed E-state index contributed by atoms with van der Waals surface area (Å²) in [4.78, 5) is 35.8. The average Bonchev–Trinajstić information content (AvgIpc) is 3.56. The summed E-state index contributed by atoms with van der Waals surface area (Å²) >= 11 is 0. The molecule has 0 radical (unpaired) electrons. The van der Waals surface area contributed by atoms with Gasteiger partial charge in [0, 0.05) is 79.7 Å². The van der Waals surface area contributed by atoms with Gasteiger partial charge < -0.3 is 25.0 Å². The van der Waals surface area contributed by atoms with Gasteiger partial charge in [-0.05, 0) is 24.5 Å². The summed E-state index contributed by atoms with van der Waals surface area (Å²) in [7, 11) is 3.25. The molecule has 200 valence electrons. The highest BCUT2D eigenvalue weighted by Gasteiger charge is 2.36. The number of aliphatic hydroxyl groups excluding tert-OH is 1.